The lowest BCUT2D eigenvalue weighted by Gasteiger charge is -2.19. The summed E-state index contributed by atoms with van der Waals surface area (Å²) in [6.07, 6.45) is 3.21. The van der Waals surface area contributed by atoms with Crippen LogP contribution in [0.25, 0.3) is 0 Å². The van der Waals surface area contributed by atoms with E-state index in [4.69, 9.17) is 25.8 Å². The first-order valence-electron chi connectivity index (χ1n) is 11.8. The van der Waals surface area contributed by atoms with Gasteiger partial charge in [0.15, 0.2) is 5.82 Å². The number of hydrogen-bond donors (Lipinski definition) is 3. The molecule has 1 unspecified atom stereocenters. The average Bonchev–Trinajstić information content (AvgIpc) is 3.40. The second-order valence-corrected chi connectivity index (χ2v) is 12.4. The zero-order valence-electron chi connectivity index (χ0n) is 21.3. The van der Waals surface area contributed by atoms with Crippen LogP contribution in [0.2, 0.25) is 5.02 Å². The van der Waals surface area contributed by atoms with Gasteiger partial charge in [-0.25, -0.2) is 4.98 Å². The Morgan fingerprint density at radius 2 is 1.97 bits per heavy atom. The van der Waals surface area contributed by atoms with Gasteiger partial charge in [-0.2, -0.15) is 4.98 Å². The minimum atomic E-state index is -2.56. The number of carbonyl (C=O) groups excluding carboxylic acids is 1. The maximum atomic E-state index is 12.8. The largest absolute Gasteiger partial charge is 0.494 e. The van der Waals surface area contributed by atoms with E-state index in [1.807, 2.05) is 24.3 Å². The Bertz CT molecular complexity index is 1390. The highest BCUT2D eigenvalue weighted by Gasteiger charge is 2.22. The minimum absolute atomic E-state index is 0.143. The molecule has 10 nitrogen and oxygen atoms in total. The first-order valence-corrected chi connectivity index (χ1v) is 14.8. The van der Waals surface area contributed by atoms with Gasteiger partial charge >= 0.3 is 0 Å². The molecule has 1 saturated heterocycles. The Labute approximate surface area is 226 Å². The molecule has 38 heavy (non-hydrogen) atoms. The number of methoxy groups -OCH3 is 1. The SMILES string of the molecule is C=CC(=O)Nc1cc(Nc2ncc(Cl)c(Nc3ccccc3P(C)(C)=O)n2)c(OC)cc1OC1CCOC1. The molecule has 3 aromatic rings. The van der Waals surface area contributed by atoms with Gasteiger partial charge in [0.05, 0.1) is 43.6 Å². The van der Waals surface area contributed by atoms with Crippen LogP contribution in [0.15, 0.2) is 55.3 Å². The van der Waals surface area contributed by atoms with Crippen molar-refractivity contribution >= 4 is 58.8 Å². The minimum Gasteiger partial charge on any atom is -0.494 e. The lowest BCUT2D eigenvalue weighted by Crippen LogP contribution is -2.18. The third kappa shape index (κ3) is 6.64. The van der Waals surface area contributed by atoms with E-state index < -0.39 is 13.0 Å². The lowest BCUT2D eigenvalue weighted by atomic mass is 10.2. The molecule has 2 heterocycles. The number of aromatic nitrogens is 2. The van der Waals surface area contributed by atoms with Crippen LogP contribution in [0.1, 0.15) is 6.42 Å². The van der Waals surface area contributed by atoms with Gasteiger partial charge in [-0.3, -0.25) is 4.79 Å². The fourth-order valence-electron chi connectivity index (χ4n) is 3.80. The molecule has 1 amide bonds. The van der Waals surface area contributed by atoms with Crippen LogP contribution in [0.4, 0.5) is 28.8 Å². The van der Waals surface area contributed by atoms with Crippen molar-refractivity contribution in [3.05, 3.63) is 60.3 Å². The number of ether oxygens (including phenoxy) is 3. The fourth-order valence-corrected chi connectivity index (χ4v) is 5.10. The summed E-state index contributed by atoms with van der Waals surface area (Å²) in [6, 6.07) is 10.6. The molecule has 1 fully saturated rings. The summed E-state index contributed by atoms with van der Waals surface area (Å²) in [5.41, 5.74) is 1.52. The number of benzene rings is 2. The zero-order chi connectivity index (χ0) is 27.3. The zero-order valence-corrected chi connectivity index (χ0v) is 22.9. The van der Waals surface area contributed by atoms with Gasteiger partial charge in [-0.1, -0.05) is 30.3 Å². The topological polar surface area (TPSA) is 124 Å². The Balaban J connectivity index is 1.66. The molecule has 200 valence electrons. The van der Waals surface area contributed by atoms with Gasteiger partial charge in [-0.05, 0) is 37.6 Å². The average molecular weight is 558 g/mol. The number of nitrogens with zero attached hydrogens (tertiary/aromatic N) is 2. The highest BCUT2D eigenvalue weighted by atomic mass is 35.5. The first kappa shape index (κ1) is 27.4. The molecule has 0 aliphatic carbocycles. The first-order chi connectivity index (χ1) is 18.2. The van der Waals surface area contributed by atoms with Crippen molar-refractivity contribution in [2.45, 2.75) is 12.5 Å². The van der Waals surface area contributed by atoms with Crippen LogP contribution >= 0.6 is 18.7 Å². The standard InChI is InChI=1S/C26H29ClN5O5P/c1-5-24(33)29-20-12-19(21(35-2)13-22(20)37-16-10-11-36-15-16)31-26-28-14-17(27)25(32-26)30-18-8-6-7-9-23(18)38(3,4)34/h5-9,12-14,16H,1,10-11,15H2,2-4H3,(H,29,33)(H2,28,30,31,32). The van der Waals surface area contributed by atoms with Gasteiger partial charge in [0, 0.05) is 17.8 Å². The summed E-state index contributed by atoms with van der Waals surface area (Å²) in [5.74, 6) is 1.00. The van der Waals surface area contributed by atoms with Gasteiger partial charge in [0.2, 0.25) is 11.9 Å². The van der Waals surface area contributed by atoms with Crippen LogP contribution in [0, 0.1) is 0 Å². The number of nitrogens with one attached hydrogen (secondary N) is 3. The molecular formula is C26H29ClN5O5P. The van der Waals surface area contributed by atoms with E-state index >= 15 is 0 Å². The molecule has 1 aliphatic heterocycles. The predicted molar refractivity (Wildman–Crippen MR) is 151 cm³/mol. The number of anilines is 5. The van der Waals surface area contributed by atoms with Crippen molar-refractivity contribution in [2.75, 3.05) is 49.6 Å². The Morgan fingerprint density at radius 3 is 2.66 bits per heavy atom. The third-order valence-corrected chi connectivity index (χ3v) is 7.48. The van der Waals surface area contributed by atoms with Crippen molar-refractivity contribution in [3.63, 3.8) is 0 Å². The van der Waals surface area contributed by atoms with E-state index in [2.05, 4.69) is 32.5 Å². The van der Waals surface area contributed by atoms with Crippen molar-refractivity contribution < 1.29 is 23.6 Å². The van der Waals surface area contributed by atoms with Crippen LogP contribution in [-0.2, 0) is 14.1 Å². The molecule has 1 aromatic heterocycles. The molecule has 0 bridgehead atoms. The molecule has 2 aromatic carbocycles. The smallest absolute Gasteiger partial charge is 0.247 e. The van der Waals surface area contributed by atoms with Gasteiger partial charge < -0.3 is 34.7 Å². The quantitative estimate of drug-likeness (QED) is 0.229. The summed E-state index contributed by atoms with van der Waals surface area (Å²) in [4.78, 5) is 20.9. The number of rotatable bonds is 10. The van der Waals surface area contributed by atoms with E-state index in [-0.39, 0.29) is 17.1 Å². The number of halogens is 1. The number of carbonyl (C=O) groups is 1. The van der Waals surface area contributed by atoms with Gasteiger partial charge in [-0.15, -0.1) is 0 Å². The number of para-hydroxylation sites is 1. The molecule has 1 atom stereocenters. The maximum Gasteiger partial charge on any atom is 0.247 e. The summed E-state index contributed by atoms with van der Waals surface area (Å²) >= 11 is 6.38. The van der Waals surface area contributed by atoms with Gasteiger partial charge in [0.1, 0.15) is 29.8 Å². The molecule has 0 radical (unpaired) electrons. The highest BCUT2D eigenvalue weighted by Crippen LogP contribution is 2.40. The fraction of sp³-hybridized carbons (Fsp3) is 0.269. The monoisotopic (exact) mass is 557 g/mol. The second kappa shape index (κ2) is 11.9. The summed E-state index contributed by atoms with van der Waals surface area (Å²) in [6.45, 7) is 7.98. The van der Waals surface area contributed by atoms with E-state index in [0.717, 1.165) is 6.42 Å². The number of amides is 1. The molecule has 4 rings (SSSR count). The summed E-state index contributed by atoms with van der Waals surface area (Å²) in [7, 11) is -1.04. The van der Waals surface area contributed by atoms with Crippen LogP contribution < -0.4 is 30.7 Å². The third-order valence-electron chi connectivity index (χ3n) is 5.65. The number of hydrogen-bond acceptors (Lipinski definition) is 9. The van der Waals surface area contributed by atoms with Gasteiger partial charge in [0.25, 0.3) is 0 Å². The van der Waals surface area contributed by atoms with Crippen molar-refractivity contribution in [1.29, 1.82) is 0 Å². The molecule has 3 N–H and O–H groups in total. The van der Waals surface area contributed by atoms with Crippen molar-refractivity contribution in [1.82, 2.24) is 9.97 Å². The summed E-state index contributed by atoms with van der Waals surface area (Å²) in [5, 5.41) is 10.0. The molecule has 12 heteroatoms. The molecule has 0 spiro atoms. The molecular weight excluding hydrogens is 529 g/mol. The van der Waals surface area contributed by atoms with Crippen LogP contribution in [0.3, 0.4) is 0 Å². The Kier molecular flexibility index (Phi) is 8.56. The van der Waals surface area contributed by atoms with E-state index in [0.29, 0.717) is 52.9 Å². The normalized spacial score (nSPS) is 15.0. The molecule has 0 saturated carbocycles. The highest BCUT2D eigenvalue weighted by molar-refractivity contribution is 7.70. The lowest BCUT2D eigenvalue weighted by molar-refractivity contribution is -0.111. The van der Waals surface area contributed by atoms with Crippen LogP contribution in [0.5, 0.6) is 11.5 Å². The van der Waals surface area contributed by atoms with E-state index in [1.54, 1.807) is 25.5 Å². The summed E-state index contributed by atoms with van der Waals surface area (Å²) < 4.78 is 29.8. The van der Waals surface area contributed by atoms with Crippen molar-refractivity contribution in [3.8, 4) is 11.5 Å². The second-order valence-electron chi connectivity index (χ2n) is 8.85. The molecule has 1 aliphatic rings. The van der Waals surface area contributed by atoms with Crippen LogP contribution in [-0.4, -0.2) is 55.6 Å². The Hall–Kier alpha value is -3.59. The Morgan fingerprint density at radius 1 is 1.18 bits per heavy atom. The predicted octanol–water partition coefficient (Wildman–Crippen LogP) is 5.17. The maximum absolute atomic E-state index is 12.8. The van der Waals surface area contributed by atoms with Crippen molar-refractivity contribution in [2.24, 2.45) is 0 Å². The van der Waals surface area contributed by atoms with E-state index in [9.17, 15) is 9.36 Å². The van der Waals surface area contributed by atoms with E-state index in [1.165, 1.54) is 19.4 Å².